The van der Waals surface area contributed by atoms with Crippen LogP contribution in [0.1, 0.15) is 54.0 Å². The van der Waals surface area contributed by atoms with E-state index in [9.17, 15) is 24.2 Å². The normalized spacial score (nSPS) is 18.7. The number of aliphatic hydroxyl groups is 2. The van der Waals surface area contributed by atoms with Gasteiger partial charge < -0.3 is 24.7 Å². The zero-order chi connectivity index (χ0) is 26.6. The Balaban J connectivity index is 1.97. The Morgan fingerprint density at radius 2 is 2.08 bits per heavy atom. The monoisotopic (exact) mass is 497 g/mol. The first-order valence-corrected chi connectivity index (χ1v) is 11.7. The van der Waals surface area contributed by atoms with Gasteiger partial charge in [0.2, 0.25) is 5.88 Å². The molecule has 1 aromatic heterocycles. The number of amides is 2. The van der Waals surface area contributed by atoms with E-state index in [4.69, 9.17) is 4.74 Å². The fourth-order valence-corrected chi connectivity index (χ4v) is 3.81. The highest BCUT2D eigenvalue weighted by atomic mass is 19.1. The summed E-state index contributed by atoms with van der Waals surface area (Å²) in [4.78, 5) is 33.6. The van der Waals surface area contributed by atoms with Gasteiger partial charge in [0.15, 0.2) is 0 Å². The lowest BCUT2D eigenvalue weighted by atomic mass is 9.99. The highest BCUT2D eigenvalue weighted by Crippen LogP contribution is 2.27. The number of ether oxygens (including phenoxy) is 1. The lowest BCUT2D eigenvalue weighted by Crippen LogP contribution is -2.50. The van der Waals surface area contributed by atoms with Gasteiger partial charge in [0.25, 0.3) is 11.8 Å². The molecule has 0 fully saturated rings. The zero-order valence-electron chi connectivity index (χ0n) is 21.2. The van der Waals surface area contributed by atoms with Crippen LogP contribution in [0.3, 0.4) is 0 Å². The van der Waals surface area contributed by atoms with E-state index in [1.807, 2.05) is 6.92 Å². The Hall–Kier alpha value is -3.48. The molecule has 0 spiro atoms. The van der Waals surface area contributed by atoms with Gasteiger partial charge in [-0.05, 0) is 39.0 Å². The molecular formula is C27H32FN3O5. The fourth-order valence-electron chi connectivity index (χ4n) is 3.81. The summed E-state index contributed by atoms with van der Waals surface area (Å²) >= 11 is 0. The van der Waals surface area contributed by atoms with Crippen LogP contribution in [0.2, 0.25) is 0 Å². The molecule has 192 valence electrons. The van der Waals surface area contributed by atoms with Gasteiger partial charge in [-0.2, -0.15) is 0 Å². The summed E-state index contributed by atoms with van der Waals surface area (Å²) < 4.78 is 20.3. The first kappa shape index (κ1) is 27.1. The number of halogens is 1. The van der Waals surface area contributed by atoms with Crippen LogP contribution in [0.15, 0.2) is 36.5 Å². The highest BCUT2D eigenvalue weighted by molar-refractivity contribution is 5.97. The van der Waals surface area contributed by atoms with Crippen LogP contribution in [0, 0.1) is 23.6 Å². The van der Waals surface area contributed by atoms with E-state index in [2.05, 4.69) is 16.8 Å². The van der Waals surface area contributed by atoms with Crippen LogP contribution < -0.4 is 4.74 Å². The van der Waals surface area contributed by atoms with E-state index in [1.54, 1.807) is 44.9 Å². The number of aliphatic hydroxyl groups excluding tert-OH is 1. The van der Waals surface area contributed by atoms with E-state index in [0.29, 0.717) is 5.56 Å². The minimum absolute atomic E-state index is 0.0437. The van der Waals surface area contributed by atoms with Crippen molar-refractivity contribution in [1.82, 2.24) is 14.8 Å². The third-order valence-electron chi connectivity index (χ3n) is 5.94. The molecule has 1 aliphatic rings. The molecule has 2 heterocycles. The minimum Gasteiger partial charge on any atom is -0.472 e. The molecule has 2 N–H and O–H groups in total. The maximum atomic E-state index is 14.2. The summed E-state index contributed by atoms with van der Waals surface area (Å²) in [7, 11) is 1.56. The summed E-state index contributed by atoms with van der Waals surface area (Å²) in [6, 6.07) is 6.83. The third kappa shape index (κ3) is 6.39. The molecule has 9 heteroatoms. The van der Waals surface area contributed by atoms with Gasteiger partial charge in [-0.25, -0.2) is 9.37 Å². The SMILES string of the molecule is C[C@H](CO)N1C[C@H](C)[C@@H](CN(C)C(=O)c2ccccc2F)Oc2ncc(C#CC(C)(C)O)cc2C1=O. The summed E-state index contributed by atoms with van der Waals surface area (Å²) in [5.41, 5.74) is -0.685. The Morgan fingerprint density at radius 3 is 2.72 bits per heavy atom. The molecule has 0 bridgehead atoms. The van der Waals surface area contributed by atoms with Crippen molar-refractivity contribution in [3.8, 4) is 17.7 Å². The molecule has 0 radical (unpaired) electrons. The van der Waals surface area contributed by atoms with Gasteiger partial charge in [0, 0.05) is 31.3 Å². The predicted molar refractivity (Wildman–Crippen MR) is 132 cm³/mol. The van der Waals surface area contributed by atoms with Crippen molar-refractivity contribution in [3.05, 3.63) is 59.0 Å². The van der Waals surface area contributed by atoms with Crippen LogP contribution in [0.25, 0.3) is 0 Å². The molecule has 2 aromatic rings. The van der Waals surface area contributed by atoms with Gasteiger partial charge in [0.1, 0.15) is 23.1 Å². The third-order valence-corrected chi connectivity index (χ3v) is 5.94. The minimum atomic E-state index is -1.22. The van der Waals surface area contributed by atoms with E-state index in [-0.39, 0.29) is 48.5 Å². The van der Waals surface area contributed by atoms with Gasteiger partial charge >= 0.3 is 0 Å². The molecule has 1 aliphatic heterocycles. The highest BCUT2D eigenvalue weighted by Gasteiger charge is 2.35. The second kappa shape index (κ2) is 11.1. The molecule has 0 aliphatic carbocycles. The standard InChI is InChI=1S/C27H32FN3O5/c1-17-14-31(18(2)16-32)26(34)21-12-19(10-11-27(3,4)35)13-29-24(21)36-23(17)15-30(5)25(33)20-8-6-7-9-22(20)28/h6-9,12-13,17-18,23,32,35H,14-16H2,1-5H3/t17-,18+,23+/m0/s1. The second-order valence-electron chi connectivity index (χ2n) is 9.67. The molecule has 3 rings (SSSR count). The van der Waals surface area contributed by atoms with E-state index in [1.165, 1.54) is 29.3 Å². The van der Waals surface area contributed by atoms with Gasteiger partial charge in [-0.1, -0.05) is 30.9 Å². The number of benzene rings is 1. The number of likely N-dealkylation sites (N-methyl/N-ethyl adjacent to an activating group) is 1. The molecule has 2 amide bonds. The topological polar surface area (TPSA) is 103 Å². The number of hydrogen-bond acceptors (Lipinski definition) is 6. The number of hydrogen-bond donors (Lipinski definition) is 2. The van der Waals surface area contributed by atoms with Gasteiger partial charge in [-0.15, -0.1) is 0 Å². The van der Waals surface area contributed by atoms with Crippen molar-refractivity contribution in [3.63, 3.8) is 0 Å². The average molecular weight is 498 g/mol. The largest absolute Gasteiger partial charge is 0.472 e. The summed E-state index contributed by atoms with van der Waals surface area (Å²) in [5, 5.41) is 19.7. The lowest BCUT2D eigenvalue weighted by molar-refractivity contribution is 0.0312. The number of aromatic nitrogens is 1. The molecule has 36 heavy (non-hydrogen) atoms. The Morgan fingerprint density at radius 1 is 1.39 bits per heavy atom. The number of pyridine rings is 1. The first-order chi connectivity index (χ1) is 16.9. The molecule has 0 saturated carbocycles. The molecule has 0 unspecified atom stereocenters. The van der Waals surface area contributed by atoms with Crippen molar-refractivity contribution in [2.24, 2.45) is 5.92 Å². The number of rotatable bonds is 5. The smallest absolute Gasteiger partial charge is 0.259 e. The average Bonchev–Trinajstić information content (AvgIpc) is 2.83. The van der Waals surface area contributed by atoms with Crippen LogP contribution >= 0.6 is 0 Å². The zero-order valence-corrected chi connectivity index (χ0v) is 21.2. The number of fused-ring (bicyclic) bond motifs is 1. The van der Waals surface area contributed by atoms with Crippen molar-refractivity contribution in [2.45, 2.75) is 45.4 Å². The molecular weight excluding hydrogens is 465 g/mol. The van der Waals surface area contributed by atoms with E-state index < -0.39 is 29.5 Å². The van der Waals surface area contributed by atoms with Gasteiger partial charge in [-0.3, -0.25) is 9.59 Å². The van der Waals surface area contributed by atoms with Crippen LogP contribution in [-0.2, 0) is 0 Å². The van der Waals surface area contributed by atoms with Gasteiger partial charge in [0.05, 0.1) is 24.8 Å². The Kier molecular flexibility index (Phi) is 8.33. The molecule has 3 atom stereocenters. The summed E-state index contributed by atoms with van der Waals surface area (Å²) in [6.07, 6.45) is 0.870. The van der Waals surface area contributed by atoms with E-state index >= 15 is 0 Å². The fraction of sp³-hybridized carbons (Fsp3) is 0.444. The van der Waals surface area contributed by atoms with Crippen molar-refractivity contribution in [2.75, 3.05) is 26.7 Å². The quantitative estimate of drug-likeness (QED) is 0.615. The van der Waals surface area contributed by atoms with Crippen molar-refractivity contribution < 1.29 is 28.9 Å². The maximum absolute atomic E-state index is 14.2. The molecule has 1 aromatic carbocycles. The van der Waals surface area contributed by atoms with E-state index in [0.717, 1.165) is 0 Å². The van der Waals surface area contributed by atoms with Crippen LogP contribution in [-0.4, -0.2) is 81.3 Å². The first-order valence-electron chi connectivity index (χ1n) is 11.7. The van der Waals surface area contributed by atoms with Crippen LogP contribution in [0.4, 0.5) is 4.39 Å². The second-order valence-corrected chi connectivity index (χ2v) is 9.67. The Bertz CT molecular complexity index is 1180. The summed E-state index contributed by atoms with van der Waals surface area (Å²) in [6.45, 7) is 6.84. The predicted octanol–water partition coefficient (Wildman–Crippen LogP) is 2.34. The summed E-state index contributed by atoms with van der Waals surface area (Å²) in [5.74, 6) is 3.86. The van der Waals surface area contributed by atoms with Crippen molar-refractivity contribution in [1.29, 1.82) is 0 Å². The maximum Gasteiger partial charge on any atom is 0.259 e. The lowest BCUT2D eigenvalue weighted by Gasteiger charge is -2.37. The molecule has 8 nitrogen and oxygen atoms in total. The van der Waals surface area contributed by atoms with Crippen LogP contribution in [0.5, 0.6) is 5.88 Å². The number of nitrogens with zero attached hydrogens (tertiary/aromatic N) is 3. The van der Waals surface area contributed by atoms with Crippen molar-refractivity contribution >= 4 is 11.8 Å². The number of carbonyl (C=O) groups excluding carboxylic acids is 2. The number of carbonyl (C=O) groups is 2. The Labute approximate surface area is 210 Å². The molecule has 0 saturated heterocycles.